The van der Waals surface area contributed by atoms with Crippen molar-refractivity contribution in [1.82, 2.24) is 5.32 Å². The van der Waals surface area contributed by atoms with Gasteiger partial charge in [-0.1, -0.05) is 13.0 Å². The van der Waals surface area contributed by atoms with Gasteiger partial charge in [-0.05, 0) is 48.9 Å². The van der Waals surface area contributed by atoms with Crippen LogP contribution in [0.2, 0.25) is 0 Å². The first-order valence-corrected chi connectivity index (χ1v) is 5.80. The number of hydrogen-bond acceptors (Lipinski definition) is 1. The molecule has 3 heteroatoms. The van der Waals surface area contributed by atoms with E-state index in [1.807, 2.05) is 0 Å². The molecule has 0 unspecified atom stereocenters. The van der Waals surface area contributed by atoms with Crippen LogP contribution < -0.4 is 5.32 Å². The second kappa shape index (κ2) is 4.50. The number of benzene rings is 1. The average Bonchev–Trinajstić information content (AvgIpc) is 3.01. The zero-order chi connectivity index (χ0) is 11.6. The van der Waals surface area contributed by atoms with Gasteiger partial charge >= 0.3 is 0 Å². The fourth-order valence-corrected chi connectivity index (χ4v) is 2.07. The van der Waals surface area contributed by atoms with Crippen molar-refractivity contribution < 1.29 is 8.78 Å². The molecule has 1 nitrogen and oxygen atoms in total. The molecule has 0 radical (unpaired) electrons. The predicted octanol–water partition coefficient (Wildman–Crippen LogP) is 2.90. The number of rotatable bonds is 5. The lowest BCUT2D eigenvalue weighted by Gasteiger charge is -2.15. The molecule has 1 aromatic rings. The second-order valence-electron chi connectivity index (χ2n) is 4.71. The fraction of sp³-hybridized carbons (Fsp3) is 0.538. The van der Waals surface area contributed by atoms with Crippen LogP contribution in [0.4, 0.5) is 8.78 Å². The maximum absolute atomic E-state index is 13.0. The maximum Gasteiger partial charge on any atom is 0.159 e. The van der Waals surface area contributed by atoms with E-state index in [0.717, 1.165) is 25.1 Å². The Balaban J connectivity index is 2.01. The number of hydrogen-bond donors (Lipinski definition) is 1. The van der Waals surface area contributed by atoms with Crippen molar-refractivity contribution >= 4 is 0 Å². The van der Waals surface area contributed by atoms with Gasteiger partial charge in [0, 0.05) is 6.54 Å². The molecule has 88 valence electrons. The molecule has 1 aliphatic rings. The molecule has 0 amide bonds. The maximum atomic E-state index is 13.0. The van der Waals surface area contributed by atoms with E-state index in [1.165, 1.54) is 25.0 Å². The number of halogens is 2. The van der Waals surface area contributed by atoms with Gasteiger partial charge in [0.05, 0.1) is 0 Å². The molecular formula is C13H17F2N. The van der Waals surface area contributed by atoms with E-state index in [4.69, 9.17) is 0 Å². The molecule has 1 saturated carbocycles. The largest absolute Gasteiger partial charge is 0.316 e. The van der Waals surface area contributed by atoms with Gasteiger partial charge in [-0.2, -0.15) is 0 Å². The highest BCUT2D eigenvalue weighted by Gasteiger charge is 2.41. The van der Waals surface area contributed by atoms with Gasteiger partial charge in [-0.15, -0.1) is 0 Å². The van der Waals surface area contributed by atoms with Gasteiger partial charge in [0.1, 0.15) is 0 Å². The van der Waals surface area contributed by atoms with Crippen LogP contribution in [0.25, 0.3) is 0 Å². The van der Waals surface area contributed by atoms with Crippen LogP contribution in [0, 0.1) is 17.0 Å². The molecule has 0 saturated heterocycles. The summed E-state index contributed by atoms with van der Waals surface area (Å²) in [6.45, 7) is 4.01. The molecule has 16 heavy (non-hydrogen) atoms. The first-order chi connectivity index (χ1) is 7.65. The van der Waals surface area contributed by atoms with Gasteiger partial charge in [0.25, 0.3) is 0 Å². The van der Waals surface area contributed by atoms with Crippen LogP contribution in [0.15, 0.2) is 18.2 Å². The normalized spacial score (nSPS) is 17.4. The first kappa shape index (κ1) is 11.5. The summed E-state index contributed by atoms with van der Waals surface area (Å²) in [7, 11) is 0. The van der Waals surface area contributed by atoms with E-state index in [-0.39, 0.29) is 0 Å². The third kappa shape index (κ3) is 2.59. The molecule has 1 aromatic carbocycles. The zero-order valence-electron chi connectivity index (χ0n) is 9.52. The van der Waals surface area contributed by atoms with E-state index in [2.05, 4.69) is 12.2 Å². The molecule has 0 aromatic heterocycles. The van der Waals surface area contributed by atoms with Crippen molar-refractivity contribution in [1.29, 1.82) is 0 Å². The molecule has 1 fully saturated rings. The molecule has 0 spiro atoms. The summed E-state index contributed by atoms with van der Waals surface area (Å²) in [6.07, 6.45) is 3.20. The Morgan fingerprint density at radius 3 is 2.56 bits per heavy atom. The van der Waals surface area contributed by atoms with Crippen molar-refractivity contribution in [3.8, 4) is 0 Å². The minimum atomic E-state index is -0.764. The molecule has 1 aliphatic carbocycles. The lowest BCUT2D eigenvalue weighted by atomic mass is 9.96. The highest BCUT2D eigenvalue weighted by molar-refractivity contribution is 5.21. The Bertz CT molecular complexity index is 372. The molecule has 0 aliphatic heterocycles. The first-order valence-electron chi connectivity index (χ1n) is 5.80. The molecular weight excluding hydrogens is 208 g/mol. The molecule has 0 heterocycles. The van der Waals surface area contributed by atoms with Gasteiger partial charge in [0.15, 0.2) is 11.6 Å². The third-order valence-electron chi connectivity index (χ3n) is 3.27. The van der Waals surface area contributed by atoms with E-state index in [0.29, 0.717) is 5.41 Å². The van der Waals surface area contributed by atoms with Gasteiger partial charge in [0.2, 0.25) is 0 Å². The fourth-order valence-electron chi connectivity index (χ4n) is 2.07. The molecule has 2 rings (SSSR count). The van der Waals surface area contributed by atoms with E-state index >= 15 is 0 Å². The standard InChI is InChI=1S/C13H17F2N/c1-2-16-9-13(5-6-13)8-10-3-4-11(14)12(15)7-10/h3-4,7,16H,2,5-6,8-9H2,1H3. The average molecular weight is 225 g/mol. The number of nitrogens with one attached hydrogen (secondary N) is 1. The van der Waals surface area contributed by atoms with Gasteiger partial charge in [-0.25, -0.2) is 8.78 Å². The Morgan fingerprint density at radius 1 is 1.25 bits per heavy atom. The summed E-state index contributed by atoms with van der Waals surface area (Å²) in [4.78, 5) is 0. The highest BCUT2D eigenvalue weighted by Crippen LogP contribution is 2.47. The van der Waals surface area contributed by atoms with Crippen LogP contribution in [-0.4, -0.2) is 13.1 Å². The topological polar surface area (TPSA) is 12.0 Å². The van der Waals surface area contributed by atoms with Crippen molar-refractivity contribution in [2.45, 2.75) is 26.2 Å². The summed E-state index contributed by atoms with van der Waals surface area (Å²) < 4.78 is 25.8. The molecule has 0 bridgehead atoms. The van der Waals surface area contributed by atoms with Crippen molar-refractivity contribution in [3.63, 3.8) is 0 Å². The molecule has 1 N–H and O–H groups in total. The summed E-state index contributed by atoms with van der Waals surface area (Å²) >= 11 is 0. The van der Waals surface area contributed by atoms with Crippen LogP contribution >= 0.6 is 0 Å². The lowest BCUT2D eigenvalue weighted by molar-refractivity contribution is 0.458. The van der Waals surface area contributed by atoms with Crippen LogP contribution in [0.5, 0.6) is 0 Å². The summed E-state index contributed by atoms with van der Waals surface area (Å²) in [5, 5.41) is 3.33. The minimum absolute atomic E-state index is 0.292. The monoisotopic (exact) mass is 225 g/mol. The zero-order valence-corrected chi connectivity index (χ0v) is 9.52. The Hall–Kier alpha value is -0.960. The smallest absolute Gasteiger partial charge is 0.159 e. The lowest BCUT2D eigenvalue weighted by Crippen LogP contribution is -2.25. The van der Waals surface area contributed by atoms with E-state index < -0.39 is 11.6 Å². The second-order valence-corrected chi connectivity index (χ2v) is 4.71. The Kier molecular flexibility index (Phi) is 3.24. The SMILES string of the molecule is CCNCC1(Cc2ccc(F)c(F)c2)CC1. The van der Waals surface area contributed by atoms with Crippen molar-refractivity contribution in [2.75, 3.05) is 13.1 Å². The summed E-state index contributed by atoms with van der Waals surface area (Å²) in [6, 6.07) is 4.22. The van der Waals surface area contributed by atoms with Crippen molar-refractivity contribution in [3.05, 3.63) is 35.4 Å². The minimum Gasteiger partial charge on any atom is -0.316 e. The van der Waals surface area contributed by atoms with Gasteiger partial charge < -0.3 is 5.32 Å². The van der Waals surface area contributed by atoms with Crippen LogP contribution in [0.3, 0.4) is 0 Å². The quantitative estimate of drug-likeness (QED) is 0.812. The van der Waals surface area contributed by atoms with E-state index in [1.54, 1.807) is 6.07 Å². The predicted molar refractivity (Wildman–Crippen MR) is 60.3 cm³/mol. The van der Waals surface area contributed by atoms with Crippen LogP contribution in [-0.2, 0) is 6.42 Å². The van der Waals surface area contributed by atoms with E-state index in [9.17, 15) is 8.78 Å². The molecule has 0 atom stereocenters. The Labute approximate surface area is 94.9 Å². The van der Waals surface area contributed by atoms with Crippen molar-refractivity contribution in [2.24, 2.45) is 5.41 Å². The summed E-state index contributed by atoms with van der Waals surface area (Å²) in [5.74, 6) is -1.50. The Morgan fingerprint density at radius 2 is 2.00 bits per heavy atom. The summed E-state index contributed by atoms with van der Waals surface area (Å²) in [5.41, 5.74) is 1.19. The van der Waals surface area contributed by atoms with Gasteiger partial charge in [-0.3, -0.25) is 0 Å². The third-order valence-corrected chi connectivity index (χ3v) is 3.27. The van der Waals surface area contributed by atoms with Crippen LogP contribution in [0.1, 0.15) is 25.3 Å². The highest BCUT2D eigenvalue weighted by atomic mass is 19.2.